The molecular weight excluding hydrogens is 336 g/mol. The Balaban J connectivity index is 1.87. The van der Waals surface area contributed by atoms with E-state index in [1.54, 1.807) is 18.2 Å². The number of carbonyl (C=O) groups is 2. The molecule has 1 aliphatic rings. The molecule has 8 heteroatoms. The van der Waals surface area contributed by atoms with Crippen LogP contribution < -0.4 is 15.4 Å². The van der Waals surface area contributed by atoms with Gasteiger partial charge in [-0.15, -0.1) is 0 Å². The molecular formula is C16H21ClN2O5. The molecule has 1 aromatic carbocycles. The highest BCUT2D eigenvalue weighted by atomic mass is 35.5. The molecule has 2 atom stereocenters. The first-order valence-electron chi connectivity index (χ1n) is 7.70. The van der Waals surface area contributed by atoms with E-state index < -0.39 is 17.9 Å². The molecule has 0 unspecified atom stereocenters. The molecule has 3 N–H and O–H groups in total. The highest BCUT2D eigenvalue weighted by Gasteiger charge is 2.24. The first-order valence-corrected chi connectivity index (χ1v) is 8.08. The number of hydrogen-bond acceptors (Lipinski definition) is 5. The van der Waals surface area contributed by atoms with Crippen LogP contribution in [0.3, 0.4) is 0 Å². The minimum absolute atomic E-state index is 0.00954. The molecule has 0 saturated carbocycles. The number of carboxylic acids is 1. The number of aliphatic carboxylic acids is 1. The van der Waals surface area contributed by atoms with Crippen LogP contribution in [0.2, 0.25) is 5.02 Å². The van der Waals surface area contributed by atoms with Crippen molar-refractivity contribution < 1.29 is 24.2 Å². The van der Waals surface area contributed by atoms with Crippen molar-refractivity contribution in [2.45, 2.75) is 31.4 Å². The van der Waals surface area contributed by atoms with E-state index in [9.17, 15) is 14.7 Å². The summed E-state index contributed by atoms with van der Waals surface area (Å²) in [6.45, 7) is 1.11. The summed E-state index contributed by atoms with van der Waals surface area (Å²) in [5.41, 5.74) is 0.481. The normalized spacial score (nSPS) is 18.2. The van der Waals surface area contributed by atoms with Crippen LogP contribution in [0.4, 0.5) is 5.69 Å². The first kappa shape index (κ1) is 18.5. The lowest BCUT2D eigenvalue weighted by molar-refractivity contribution is -0.141. The molecule has 7 nitrogen and oxygen atoms in total. The summed E-state index contributed by atoms with van der Waals surface area (Å²) in [4.78, 5) is 23.4. The third-order valence-corrected chi connectivity index (χ3v) is 4.03. The van der Waals surface area contributed by atoms with Gasteiger partial charge in [0, 0.05) is 18.8 Å². The zero-order valence-corrected chi connectivity index (χ0v) is 14.1. The van der Waals surface area contributed by atoms with Crippen LogP contribution in [-0.4, -0.2) is 49.4 Å². The van der Waals surface area contributed by atoms with Gasteiger partial charge in [0.05, 0.1) is 24.7 Å². The van der Waals surface area contributed by atoms with Gasteiger partial charge >= 0.3 is 5.97 Å². The van der Waals surface area contributed by atoms with E-state index in [0.29, 0.717) is 29.6 Å². The Labute approximate surface area is 145 Å². The van der Waals surface area contributed by atoms with Crippen molar-refractivity contribution in [3.05, 3.63) is 23.2 Å². The van der Waals surface area contributed by atoms with E-state index in [1.165, 1.54) is 7.11 Å². The topological polar surface area (TPSA) is 96.9 Å². The van der Waals surface area contributed by atoms with Gasteiger partial charge in [-0.3, -0.25) is 9.59 Å². The third-order valence-electron chi connectivity index (χ3n) is 3.74. The van der Waals surface area contributed by atoms with Crippen molar-refractivity contribution in [1.82, 2.24) is 5.32 Å². The number of halogens is 1. The van der Waals surface area contributed by atoms with Crippen molar-refractivity contribution in [2.24, 2.45) is 0 Å². The highest BCUT2D eigenvalue weighted by Crippen LogP contribution is 2.27. The zero-order chi connectivity index (χ0) is 17.5. The Morgan fingerprint density at radius 1 is 1.50 bits per heavy atom. The third kappa shape index (κ3) is 5.36. The smallest absolute Gasteiger partial charge is 0.321 e. The predicted octanol–water partition coefficient (Wildman–Crippen LogP) is 1.90. The molecule has 0 bridgehead atoms. The molecule has 2 rings (SSSR count). The van der Waals surface area contributed by atoms with E-state index >= 15 is 0 Å². The van der Waals surface area contributed by atoms with E-state index in [0.717, 1.165) is 12.8 Å². The summed E-state index contributed by atoms with van der Waals surface area (Å²) in [5.74, 6) is -0.990. The van der Waals surface area contributed by atoms with Crippen LogP contribution in [0.15, 0.2) is 18.2 Å². The van der Waals surface area contributed by atoms with Crippen LogP contribution in [-0.2, 0) is 14.3 Å². The van der Waals surface area contributed by atoms with Crippen LogP contribution in [0, 0.1) is 0 Å². The predicted molar refractivity (Wildman–Crippen MR) is 89.7 cm³/mol. The van der Waals surface area contributed by atoms with Crippen molar-refractivity contribution in [3.8, 4) is 5.75 Å². The molecule has 0 aliphatic carbocycles. The largest absolute Gasteiger partial charge is 0.495 e. The summed E-state index contributed by atoms with van der Waals surface area (Å²) in [7, 11) is 1.50. The molecule has 1 aliphatic heterocycles. The lowest BCUT2D eigenvalue weighted by Gasteiger charge is -2.17. The standard InChI is InChI=1S/C16H21ClN2O5/c1-23-14-5-4-10(7-12(14)17)19-15(20)8-13(16(21)22)18-9-11-3-2-6-24-11/h4-5,7,11,13,18H,2-3,6,8-9H2,1H3,(H,19,20)(H,21,22)/t11-,13-/m1/s1. The Morgan fingerprint density at radius 2 is 2.29 bits per heavy atom. The second-order valence-corrected chi connectivity index (χ2v) is 5.94. The molecule has 0 aromatic heterocycles. The van der Waals surface area contributed by atoms with Gasteiger partial charge in [0.2, 0.25) is 5.91 Å². The number of benzene rings is 1. The fraction of sp³-hybridized carbons (Fsp3) is 0.500. The summed E-state index contributed by atoms with van der Waals surface area (Å²) < 4.78 is 10.5. The first-order chi connectivity index (χ1) is 11.5. The molecule has 1 aromatic rings. The fourth-order valence-electron chi connectivity index (χ4n) is 2.47. The van der Waals surface area contributed by atoms with Gasteiger partial charge in [0.1, 0.15) is 11.8 Å². The molecule has 132 valence electrons. The molecule has 1 fully saturated rings. The lowest BCUT2D eigenvalue weighted by atomic mass is 10.1. The number of carboxylic acid groups (broad SMARTS) is 1. The molecule has 0 radical (unpaired) electrons. The SMILES string of the molecule is COc1ccc(NC(=O)C[C@@H](NC[C@H]2CCCO2)C(=O)O)cc1Cl. The Morgan fingerprint density at radius 3 is 2.88 bits per heavy atom. The van der Waals surface area contributed by atoms with Crippen molar-refractivity contribution in [1.29, 1.82) is 0 Å². The van der Waals surface area contributed by atoms with Gasteiger partial charge < -0.3 is 25.2 Å². The van der Waals surface area contributed by atoms with E-state index in [1.807, 2.05) is 0 Å². The quantitative estimate of drug-likeness (QED) is 0.658. The maximum absolute atomic E-state index is 12.1. The number of nitrogens with one attached hydrogen (secondary N) is 2. The van der Waals surface area contributed by atoms with E-state index in [-0.39, 0.29) is 12.5 Å². The lowest BCUT2D eigenvalue weighted by Crippen LogP contribution is -2.43. The molecule has 0 spiro atoms. The average molecular weight is 357 g/mol. The number of amides is 1. The number of ether oxygens (including phenoxy) is 2. The summed E-state index contributed by atoms with van der Waals surface area (Å²) >= 11 is 5.99. The number of rotatable bonds is 8. The van der Waals surface area contributed by atoms with Crippen molar-refractivity contribution in [3.63, 3.8) is 0 Å². The molecule has 1 saturated heterocycles. The fourth-order valence-corrected chi connectivity index (χ4v) is 2.73. The number of anilines is 1. The Bertz CT molecular complexity index is 590. The van der Waals surface area contributed by atoms with Crippen molar-refractivity contribution >= 4 is 29.2 Å². The number of hydrogen-bond donors (Lipinski definition) is 3. The summed E-state index contributed by atoms with van der Waals surface area (Å²) in [5, 5.41) is 15.1. The van der Waals surface area contributed by atoms with Crippen LogP contribution in [0.25, 0.3) is 0 Å². The summed E-state index contributed by atoms with van der Waals surface area (Å²) in [6.07, 6.45) is 1.69. The van der Waals surface area contributed by atoms with E-state index in [4.69, 9.17) is 21.1 Å². The van der Waals surface area contributed by atoms with Gasteiger partial charge in [0.15, 0.2) is 0 Å². The van der Waals surface area contributed by atoms with Crippen LogP contribution >= 0.6 is 11.6 Å². The average Bonchev–Trinajstić information content (AvgIpc) is 3.04. The van der Waals surface area contributed by atoms with Gasteiger partial charge in [0.25, 0.3) is 0 Å². The van der Waals surface area contributed by atoms with Crippen LogP contribution in [0.1, 0.15) is 19.3 Å². The number of carbonyl (C=O) groups excluding carboxylic acids is 1. The Kier molecular flexibility index (Phi) is 6.84. The summed E-state index contributed by atoms with van der Waals surface area (Å²) in [6, 6.07) is 3.84. The Hall–Kier alpha value is -1.83. The van der Waals surface area contributed by atoms with Crippen molar-refractivity contribution in [2.75, 3.05) is 25.6 Å². The zero-order valence-electron chi connectivity index (χ0n) is 13.4. The van der Waals surface area contributed by atoms with Gasteiger partial charge in [-0.05, 0) is 31.0 Å². The monoisotopic (exact) mass is 356 g/mol. The number of methoxy groups -OCH3 is 1. The second-order valence-electron chi connectivity index (χ2n) is 5.54. The molecule has 24 heavy (non-hydrogen) atoms. The minimum atomic E-state index is -1.07. The highest BCUT2D eigenvalue weighted by molar-refractivity contribution is 6.32. The second kappa shape index (κ2) is 8.86. The van der Waals surface area contributed by atoms with Gasteiger partial charge in [-0.2, -0.15) is 0 Å². The molecule has 1 heterocycles. The molecule has 1 amide bonds. The maximum Gasteiger partial charge on any atom is 0.321 e. The van der Waals surface area contributed by atoms with E-state index in [2.05, 4.69) is 10.6 Å². The maximum atomic E-state index is 12.1. The minimum Gasteiger partial charge on any atom is -0.495 e. The van der Waals surface area contributed by atoms with Gasteiger partial charge in [-0.1, -0.05) is 11.6 Å². The van der Waals surface area contributed by atoms with Gasteiger partial charge in [-0.25, -0.2) is 0 Å². The van der Waals surface area contributed by atoms with Crippen LogP contribution in [0.5, 0.6) is 5.75 Å².